The van der Waals surface area contributed by atoms with Gasteiger partial charge in [0.05, 0.1) is 7.11 Å². The summed E-state index contributed by atoms with van der Waals surface area (Å²) in [6.07, 6.45) is 2.88. The predicted molar refractivity (Wildman–Crippen MR) is 57.5 cm³/mol. The number of hydrogen-bond donors (Lipinski definition) is 1. The normalized spacial score (nSPS) is 15.1. The van der Waals surface area contributed by atoms with Gasteiger partial charge in [-0.15, -0.1) is 0 Å². The van der Waals surface area contributed by atoms with Crippen LogP contribution in [0, 0.1) is 0 Å². The lowest BCUT2D eigenvalue weighted by atomic mass is 9.86. The van der Waals surface area contributed by atoms with Crippen molar-refractivity contribution in [2.45, 2.75) is 25.3 Å². The molecule has 1 atom stereocenters. The summed E-state index contributed by atoms with van der Waals surface area (Å²) in [5, 5.41) is 0. The average Bonchev–Trinajstić information content (AvgIpc) is 2.21. The number of rotatable bonds is 3. The van der Waals surface area contributed by atoms with Crippen LogP contribution >= 0.6 is 0 Å². The Morgan fingerprint density at radius 1 is 1.47 bits per heavy atom. The largest absolute Gasteiger partial charge is 0.468 e. The van der Waals surface area contributed by atoms with Gasteiger partial charge in [-0.05, 0) is 36.0 Å². The molecule has 1 aliphatic rings. The van der Waals surface area contributed by atoms with Crippen molar-refractivity contribution in [2.75, 3.05) is 7.11 Å². The van der Waals surface area contributed by atoms with Gasteiger partial charge in [-0.1, -0.05) is 18.2 Å². The van der Waals surface area contributed by atoms with Crippen LogP contribution in [0.1, 0.15) is 16.7 Å². The Balaban J connectivity index is 2.04. The molecular weight excluding hydrogens is 190 g/mol. The molecule has 0 unspecified atom stereocenters. The van der Waals surface area contributed by atoms with Crippen LogP contribution in [0.2, 0.25) is 0 Å². The van der Waals surface area contributed by atoms with Gasteiger partial charge in [0.2, 0.25) is 0 Å². The average molecular weight is 205 g/mol. The highest BCUT2D eigenvalue weighted by Gasteiger charge is 2.17. The molecule has 1 aromatic rings. The van der Waals surface area contributed by atoms with Crippen LogP contribution in [0.4, 0.5) is 0 Å². The molecule has 0 radical (unpaired) electrons. The van der Waals surface area contributed by atoms with Crippen LogP contribution in [0.25, 0.3) is 0 Å². The lowest BCUT2D eigenvalue weighted by molar-refractivity contribution is -0.142. The minimum atomic E-state index is -0.548. The van der Waals surface area contributed by atoms with Crippen LogP contribution in [0.15, 0.2) is 18.2 Å². The summed E-state index contributed by atoms with van der Waals surface area (Å²) in [7, 11) is 1.36. The van der Waals surface area contributed by atoms with Gasteiger partial charge in [-0.25, -0.2) is 0 Å². The Labute approximate surface area is 89.2 Å². The molecule has 80 valence electrons. The minimum absolute atomic E-state index is 0.349. The van der Waals surface area contributed by atoms with Crippen LogP contribution in [0.5, 0.6) is 0 Å². The van der Waals surface area contributed by atoms with Crippen molar-refractivity contribution in [2.24, 2.45) is 5.73 Å². The summed E-state index contributed by atoms with van der Waals surface area (Å²) in [4.78, 5) is 11.1. The van der Waals surface area contributed by atoms with Crippen LogP contribution in [-0.2, 0) is 28.8 Å². The van der Waals surface area contributed by atoms with Gasteiger partial charge < -0.3 is 10.5 Å². The first-order valence-electron chi connectivity index (χ1n) is 5.15. The number of aryl methyl sites for hydroxylation is 2. The Kier molecular flexibility index (Phi) is 2.73. The molecule has 1 aliphatic carbocycles. The summed E-state index contributed by atoms with van der Waals surface area (Å²) in [6.45, 7) is 0. The zero-order valence-corrected chi connectivity index (χ0v) is 8.82. The molecule has 0 aliphatic heterocycles. The second-order valence-electron chi connectivity index (χ2n) is 3.94. The van der Waals surface area contributed by atoms with Crippen LogP contribution < -0.4 is 5.73 Å². The zero-order valence-electron chi connectivity index (χ0n) is 8.82. The fourth-order valence-electron chi connectivity index (χ4n) is 1.86. The first-order chi connectivity index (χ1) is 7.20. The van der Waals surface area contributed by atoms with Crippen molar-refractivity contribution in [1.29, 1.82) is 0 Å². The van der Waals surface area contributed by atoms with Gasteiger partial charge in [0.25, 0.3) is 0 Å². The quantitative estimate of drug-likeness (QED) is 0.743. The van der Waals surface area contributed by atoms with E-state index in [1.165, 1.54) is 24.7 Å². The van der Waals surface area contributed by atoms with Crippen molar-refractivity contribution in [3.63, 3.8) is 0 Å². The number of fused-ring (bicyclic) bond motifs is 1. The van der Waals surface area contributed by atoms with E-state index in [2.05, 4.69) is 16.9 Å². The summed E-state index contributed by atoms with van der Waals surface area (Å²) in [5.41, 5.74) is 9.62. The Hall–Kier alpha value is -1.35. The maximum atomic E-state index is 11.1. The number of nitrogens with two attached hydrogens (primary N) is 1. The van der Waals surface area contributed by atoms with E-state index >= 15 is 0 Å². The molecule has 0 saturated heterocycles. The van der Waals surface area contributed by atoms with Gasteiger partial charge in [0, 0.05) is 0 Å². The van der Waals surface area contributed by atoms with Gasteiger partial charge in [-0.3, -0.25) is 4.79 Å². The molecular formula is C12H15NO2. The van der Waals surface area contributed by atoms with Crippen molar-refractivity contribution < 1.29 is 9.53 Å². The number of esters is 1. The standard InChI is InChI=1S/C12H15NO2/c1-15-12(14)11(13)7-8-2-3-9-4-5-10(9)6-8/h2-3,6,11H,4-5,7,13H2,1H3/t11-/m1/s1. The van der Waals surface area contributed by atoms with Crippen LogP contribution in [0.3, 0.4) is 0 Å². The highest BCUT2D eigenvalue weighted by molar-refractivity contribution is 5.75. The van der Waals surface area contributed by atoms with E-state index in [9.17, 15) is 4.79 Å². The van der Waals surface area contributed by atoms with Gasteiger partial charge in [0.15, 0.2) is 0 Å². The van der Waals surface area contributed by atoms with Gasteiger partial charge in [0.1, 0.15) is 6.04 Å². The van der Waals surface area contributed by atoms with E-state index in [-0.39, 0.29) is 5.97 Å². The Bertz CT molecular complexity index is 387. The molecule has 0 amide bonds. The fraction of sp³-hybridized carbons (Fsp3) is 0.417. The highest BCUT2D eigenvalue weighted by Crippen LogP contribution is 2.24. The summed E-state index contributed by atoms with van der Waals surface area (Å²) >= 11 is 0. The Morgan fingerprint density at radius 2 is 2.20 bits per heavy atom. The predicted octanol–water partition coefficient (Wildman–Crippen LogP) is 0.828. The number of benzene rings is 1. The van der Waals surface area contributed by atoms with Crippen molar-refractivity contribution in [3.8, 4) is 0 Å². The molecule has 0 fully saturated rings. The topological polar surface area (TPSA) is 52.3 Å². The van der Waals surface area contributed by atoms with E-state index < -0.39 is 6.04 Å². The van der Waals surface area contributed by atoms with E-state index in [0.717, 1.165) is 12.0 Å². The molecule has 1 aromatic carbocycles. The molecule has 0 heterocycles. The number of methoxy groups -OCH3 is 1. The maximum absolute atomic E-state index is 11.1. The summed E-state index contributed by atoms with van der Waals surface area (Å²) < 4.78 is 4.59. The third-order valence-electron chi connectivity index (χ3n) is 2.89. The lowest BCUT2D eigenvalue weighted by Crippen LogP contribution is -2.33. The molecule has 0 bridgehead atoms. The SMILES string of the molecule is COC(=O)[C@H](N)Cc1ccc2c(c1)CC2. The zero-order chi connectivity index (χ0) is 10.8. The number of hydrogen-bond acceptors (Lipinski definition) is 3. The van der Waals surface area contributed by atoms with Crippen molar-refractivity contribution >= 4 is 5.97 Å². The van der Waals surface area contributed by atoms with E-state index in [1.807, 2.05) is 6.07 Å². The first-order valence-corrected chi connectivity index (χ1v) is 5.15. The van der Waals surface area contributed by atoms with Crippen molar-refractivity contribution in [1.82, 2.24) is 0 Å². The van der Waals surface area contributed by atoms with E-state index in [0.29, 0.717) is 6.42 Å². The molecule has 0 aromatic heterocycles. The Morgan fingerprint density at radius 3 is 2.73 bits per heavy atom. The second-order valence-corrected chi connectivity index (χ2v) is 3.94. The minimum Gasteiger partial charge on any atom is -0.468 e. The highest BCUT2D eigenvalue weighted by atomic mass is 16.5. The molecule has 15 heavy (non-hydrogen) atoms. The number of ether oxygens (including phenoxy) is 1. The molecule has 0 saturated carbocycles. The number of carbonyl (C=O) groups excluding carboxylic acids is 1. The van der Waals surface area contributed by atoms with E-state index in [4.69, 9.17) is 5.73 Å². The molecule has 0 spiro atoms. The third-order valence-corrected chi connectivity index (χ3v) is 2.89. The number of carbonyl (C=O) groups is 1. The van der Waals surface area contributed by atoms with Gasteiger partial charge in [-0.2, -0.15) is 0 Å². The fourth-order valence-corrected chi connectivity index (χ4v) is 1.86. The molecule has 3 nitrogen and oxygen atoms in total. The lowest BCUT2D eigenvalue weighted by Gasteiger charge is -2.20. The summed E-state index contributed by atoms with van der Waals surface area (Å²) in [6, 6.07) is 5.76. The second kappa shape index (κ2) is 4.03. The monoisotopic (exact) mass is 205 g/mol. The van der Waals surface area contributed by atoms with E-state index in [1.54, 1.807) is 0 Å². The molecule has 2 N–H and O–H groups in total. The first kappa shape index (κ1) is 10.2. The smallest absolute Gasteiger partial charge is 0.322 e. The molecule has 3 heteroatoms. The summed E-state index contributed by atoms with van der Waals surface area (Å²) in [5.74, 6) is -0.349. The van der Waals surface area contributed by atoms with Crippen molar-refractivity contribution in [3.05, 3.63) is 34.9 Å². The van der Waals surface area contributed by atoms with Crippen LogP contribution in [-0.4, -0.2) is 19.1 Å². The molecule has 2 rings (SSSR count). The maximum Gasteiger partial charge on any atom is 0.322 e. The van der Waals surface area contributed by atoms with Gasteiger partial charge >= 0.3 is 5.97 Å². The third kappa shape index (κ3) is 2.02.